The smallest absolute Gasteiger partial charge is 0.449 e. The molecule has 2 N–H and O–H groups in total. The standard InChI is InChI=1S/C17H15F2N3O5/c18-11-3-10-14(13(19)15(11)21-4-8(5-21)20-7-23)22(9-1-2-9)6-12(16(10)24)27-17(25)26/h3,6-9H,1-2,4-5H2,(H,20,23)(H,25,26). The molecular weight excluding hydrogens is 364 g/mol. The van der Waals surface area contributed by atoms with E-state index < -0.39 is 29.0 Å². The van der Waals surface area contributed by atoms with Crippen molar-refractivity contribution in [2.24, 2.45) is 0 Å². The lowest BCUT2D eigenvalue weighted by Crippen LogP contribution is -2.58. The molecule has 2 fully saturated rings. The predicted octanol–water partition coefficient (Wildman–Crippen LogP) is 1.61. The van der Waals surface area contributed by atoms with Crippen molar-refractivity contribution >= 4 is 29.2 Å². The summed E-state index contributed by atoms with van der Waals surface area (Å²) in [6, 6.07) is 0.594. The fourth-order valence-corrected chi connectivity index (χ4v) is 3.37. The van der Waals surface area contributed by atoms with E-state index in [0.717, 1.165) is 25.1 Å². The van der Waals surface area contributed by atoms with Gasteiger partial charge in [0.25, 0.3) is 0 Å². The van der Waals surface area contributed by atoms with Crippen molar-refractivity contribution in [3.05, 3.63) is 34.1 Å². The van der Waals surface area contributed by atoms with E-state index >= 15 is 4.39 Å². The van der Waals surface area contributed by atoms with Gasteiger partial charge in [-0.1, -0.05) is 0 Å². The summed E-state index contributed by atoms with van der Waals surface area (Å²) < 4.78 is 35.8. The third kappa shape index (κ3) is 2.86. The zero-order valence-corrected chi connectivity index (χ0v) is 13.9. The number of carboxylic acid groups (broad SMARTS) is 1. The topological polar surface area (TPSA) is 101 Å². The minimum atomic E-state index is -1.68. The Morgan fingerprint density at radius 1 is 1.33 bits per heavy atom. The van der Waals surface area contributed by atoms with Crippen LogP contribution in [0.2, 0.25) is 0 Å². The number of halogens is 2. The van der Waals surface area contributed by atoms with Crippen LogP contribution < -0.4 is 20.4 Å². The summed E-state index contributed by atoms with van der Waals surface area (Å²) in [5, 5.41) is 11.0. The normalized spacial score (nSPS) is 16.9. The first-order valence-corrected chi connectivity index (χ1v) is 8.33. The van der Waals surface area contributed by atoms with E-state index in [1.54, 1.807) is 0 Å². The fraction of sp³-hybridized carbons (Fsp3) is 0.353. The monoisotopic (exact) mass is 379 g/mol. The Morgan fingerprint density at radius 2 is 2.04 bits per heavy atom. The minimum absolute atomic E-state index is 0.0802. The van der Waals surface area contributed by atoms with Gasteiger partial charge in [-0.2, -0.15) is 0 Å². The first-order valence-electron chi connectivity index (χ1n) is 8.33. The predicted molar refractivity (Wildman–Crippen MR) is 90.2 cm³/mol. The van der Waals surface area contributed by atoms with Crippen LogP contribution in [0.1, 0.15) is 18.9 Å². The number of rotatable bonds is 5. The molecule has 142 valence electrons. The molecule has 0 spiro atoms. The second-order valence-electron chi connectivity index (χ2n) is 6.63. The molecule has 1 aliphatic carbocycles. The number of fused-ring (bicyclic) bond motifs is 1. The van der Waals surface area contributed by atoms with Crippen LogP contribution in [0.4, 0.5) is 19.3 Å². The number of pyridine rings is 1. The molecule has 0 unspecified atom stereocenters. The van der Waals surface area contributed by atoms with Gasteiger partial charge in [-0.05, 0) is 18.9 Å². The quantitative estimate of drug-likeness (QED) is 0.605. The number of carbonyl (C=O) groups excluding carboxylic acids is 1. The summed E-state index contributed by atoms with van der Waals surface area (Å²) in [4.78, 5) is 35.2. The SMILES string of the molecule is O=CNC1CN(c2c(F)cc3c(=O)c(OC(=O)O)cn(C4CC4)c3c2F)C1. The van der Waals surface area contributed by atoms with Gasteiger partial charge in [0.05, 0.1) is 23.1 Å². The molecule has 8 nitrogen and oxygen atoms in total. The number of nitrogens with one attached hydrogen (secondary N) is 1. The molecule has 1 saturated heterocycles. The molecular formula is C17H15F2N3O5. The van der Waals surface area contributed by atoms with Crippen LogP contribution in [0.25, 0.3) is 10.9 Å². The Morgan fingerprint density at radius 3 is 2.63 bits per heavy atom. The highest BCUT2D eigenvalue weighted by atomic mass is 19.1. The zero-order valence-electron chi connectivity index (χ0n) is 13.9. The molecule has 1 aliphatic heterocycles. The summed E-state index contributed by atoms with van der Waals surface area (Å²) >= 11 is 0. The maximum atomic E-state index is 15.2. The number of benzene rings is 1. The van der Waals surface area contributed by atoms with Gasteiger partial charge < -0.3 is 24.6 Å². The highest BCUT2D eigenvalue weighted by Gasteiger charge is 2.34. The van der Waals surface area contributed by atoms with Crippen LogP contribution in [0.15, 0.2) is 17.1 Å². The lowest BCUT2D eigenvalue weighted by atomic mass is 10.1. The van der Waals surface area contributed by atoms with Crippen molar-refractivity contribution in [3.63, 3.8) is 0 Å². The maximum Gasteiger partial charge on any atom is 0.511 e. The molecule has 27 heavy (non-hydrogen) atoms. The van der Waals surface area contributed by atoms with E-state index in [2.05, 4.69) is 10.1 Å². The molecule has 0 atom stereocenters. The molecule has 1 aromatic carbocycles. The average Bonchev–Trinajstić information content (AvgIpc) is 3.39. The van der Waals surface area contributed by atoms with Crippen molar-refractivity contribution in [3.8, 4) is 5.75 Å². The Bertz CT molecular complexity index is 1010. The Hall–Kier alpha value is -3.17. The van der Waals surface area contributed by atoms with Crippen molar-refractivity contribution in [1.82, 2.24) is 9.88 Å². The Labute approximate surface area is 150 Å². The number of amides is 1. The van der Waals surface area contributed by atoms with Crippen LogP contribution in [0, 0.1) is 11.6 Å². The van der Waals surface area contributed by atoms with Gasteiger partial charge in [0.1, 0.15) is 11.5 Å². The fourth-order valence-electron chi connectivity index (χ4n) is 3.37. The van der Waals surface area contributed by atoms with Gasteiger partial charge in [-0.3, -0.25) is 9.59 Å². The highest BCUT2D eigenvalue weighted by molar-refractivity contribution is 5.86. The number of hydrogen-bond donors (Lipinski definition) is 2. The molecule has 10 heteroatoms. The molecule has 1 saturated carbocycles. The number of aromatic nitrogens is 1. The first kappa shape index (κ1) is 17.3. The first-order chi connectivity index (χ1) is 12.9. The second kappa shape index (κ2) is 6.22. The number of hydrogen-bond acceptors (Lipinski definition) is 5. The molecule has 1 amide bonds. The molecule has 2 aromatic rings. The van der Waals surface area contributed by atoms with E-state index in [1.165, 1.54) is 9.47 Å². The van der Waals surface area contributed by atoms with E-state index in [9.17, 15) is 18.8 Å². The van der Waals surface area contributed by atoms with E-state index in [4.69, 9.17) is 5.11 Å². The maximum absolute atomic E-state index is 15.2. The van der Waals surface area contributed by atoms with Crippen LogP contribution in [-0.2, 0) is 4.79 Å². The van der Waals surface area contributed by atoms with Crippen molar-refractivity contribution in [2.45, 2.75) is 24.9 Å². The van der Waals surface area contributed by atoms with E-state index in [1.807, 2.05) is 0 Å². The second-order valence-corrected chi connectivity index (χ2v) is 6.63. The van der Waals surface area contributed by atoms with Crippen LogP contribution >= 0.6 is 0 Å². The summed E-state index contributed by atoms with van der Waals surface area (Å²) in [5.74, 6) is -2.32. The molecule has 2 heterocycles. The largest absolute Gasteiger partial charge is 0.511 e. The molecule has 0 bridgehead atoms. The number of ether oxygens (including phenoxy) is 1. The molecule has 4 rings (SSSR count). The van der Waals surface area contributed by atoms with Gasteiger partial charge in [0.2, 0.25) is 11.8 Å². The molecule has 1 aromatic heterocycles. The summed E-state index contributed by atoms with van der Waals surface area (Å²) in [5.41, 5.74) is -1.24. The van der Waals surface area contributed by atoms with Crippen LogP contribution in [0.3, 0.4) is 0 Å². The Kier molecular flexibility index (Phi) is 3.97. The van der Waals surface area contributed by atoms with Crippen molar-refractivity contribution in [2.75, 3.05) is 18.0 Å². The zero-order chi connectivity index (χ0) is 19.3. The van der Waals surface area contributed by atoms with Crippen LogP contribution in [0.5, 0.6) is 5.75 Å². The average molecular weight is 379 g/mol. The number of nitrogens with zero attached hydrogens (tertiary/aromatic N) is 2. The minimum Gasteiger partial charge on any atom is -0.449 e. The van der Waals surface area contributed by atoms with Gasteiger partial charge in [0.15, 0.2) is 11.6 Å². The highest BCUT2D eigenvalue weighted by Crippen LogP contribution is 2.40. The van der Waals surface area contributed by atoms with Gasteiger partial charge in [-0.15, -0.1) is 0 Å². The third-order valence-corrected chi connectivity index (χ3v) is 4.79. The van der Waals surface area contributed by atoms with Crippen molar-refractivity contribution in [1.29, 1.82) is 0 Å². The van der Waals surface area contributed by atoms with Gasteiger partial charge >= 0.3 is 6.16 Å². The van der Waals surface area contributed by atoms with E-state index in [0.29, 0.717) is 6.41 Å². The lowest BCUT2D eigenvalue weighted by Gasteiger charge is -2.40. The molecule has 2 aliphatic rings. The Balaban J connectivity index is 1.87. The summed E-state index contributed by atoms with van der Waals surface area (Å²) in [7, 11) is 0. The summed E-state index contributed by atoms with van der Waals surface area (Å²) in [6.07, 6.45) is 1.47. The summed E-state index contributed by atoms with van der Waals surface area (Å²) in [6.45, 7) is 0.484. The van der Waals surface area contributed by atoms with Gasteiger partial charge in [0, 0.05) is 19.1 Å². The third-order valence-electron chi connectivity index (χ3n) is 4.79. The lowest BCUT2D eigenvalue weighted by molar-refractivity contribution is -0.110. The number of carbonyl (C=O) groups is 2. The van der Waals surface area contributed by atoms with Crippen LogP contribution in [-0.4, -0.2) is 41.4 Å². The van der Waals surface area contributed by atoms with Crippen molar-refractivity contribution < 1.29 is 28.2 Å². The van der Waals surface area contributed by atoms with Gasteiger partial charge in [-0.25, -0.2) is 13.6 Å². The van der Waals surface area contributed by atoms with E-state index in [-0.39, 0.29) is 41.8 Å². The number of anilines is 1. The molecule has 0 radical (unpaired) electrons.